The SMILES string of the molecule is CC(NC(=O)c1nnc(Cl)s1)C12CC3CC(CC(C3)C1)C2. The average Bonchev–Trinajstić information content (AvgIpc) is 2.84. The van der Waals surface area contributed by atoms with Crippen molar-refractivity contribution in [2.24, 2.45) is 23.2 Å². The van der Waals surface area contributed by atoms with Crippen LogP contribution in [0.1, 0.15) is 55.3 Å². The van der Waals surface area contributed by atoms with Crippen LogP contribution in [-0.2, 0) is 0 Å². The highest BCUT2D eigenvalue weighted by molar-refractivity contribution is 7.17. The highest BCUT2D eigenvalue weighted by Crippen LogP contribution is 2.61. The molecule has 6 heteroatoms. The summed E-state index contributed by atoms with van der Waals surface area (Å²) in [5.41, 5.74) is 0.318. The number of hydrogen-bond donors (Lipinski definition) is 1. The third-order valence-electron chi connectivity index (χ3n) is 5.95. The first-order valence-corrected chi connectivity index (χ1v) is 9.03. The quantitative estimate of drug-likeness (QED) is 0.925. The highest BCUT2D eigenvalue weighted by Gasteiger charge is 2.53. The number of nitrogens with zero attached hydrogens (tertiary/aromatic N) is 2. The van der Waals surface area contributed by atoms with E-state index in [9.17, 15) is 4.79 Å². The fourth-order valence-electron chi connectivity index (χ4n) is 5.42. The van der Waals surface area contributed by atoms with Crippen molar-refractivity contribution in [1.82, 2.24) is 15.5 Å². The van der Waals surface area contributed by atoms with Crippen molar-refractivity contribution < 1.29 is 4.79 Å². The van der Waals surface area contributed by atoms with E-state index in [0.29, 0.717) is 14.9 Å². The number of hydrogen-bond acceptors (Lipinski definition) is 4. The molecule has 1 unspecified atom stereocenters. The summed E-state index contributed by atoms with van der Waals surface area (Å²) in [5, 5.41) is 11.1. The molecule has 5 rings (SSSR count). The molecule has 0 spiro atoms. The van der Waals surface area contributed by atoms with E-state index in [1.54, 1.807) is 0 Å². The van der Waals surface area contributed by atoms with Gasteiger partial charge in [0.05, 0.1) is 0 Å². The number of amides is 1. The van der Waals surface area contributed by atoms with Crippen LogP contribution in [0.25, 0.3) is 0 Å². The minimum Gasteiger partial charge on any atom is -0.347 e. The molecule has 0 aliphatic heterocycles. The Morgan fingerprint density at radius 3 is 2.29 bits per heavy atom. The molecule has 4 nitrogen and oxygen atoms in total. The summed E-state index contributed by atoms with van der Waals surface area (Å²) in [5.74, 6) is 2.56. The molecule has 0 radical (unpaired) electrons. The molecule has 1 N–H and O–H groups in total. The lowest BCUT2D eigenvalue weighted by Gasteiger charge is -2.59. The number of rotatable bonds is 3. The fraction of sp³-hybridized carbons (Fsp3) is 0.800. The van der Waals surface area contributed by atoms with E-state index in [4.69, 9.17) is 11.6 Å². The van der Waals surface area contributed by atoms with Crippen LogP contribution in [0, 0.1) is 23.2 Å². The molecule has 0 saturated heterocycles. The molecule has 21 heavy (non-hydrogen) atoms. The lowest BCUT2D eigenvalue weighted by atomic mass is 9.48. The molecule has 4 bridgehead atoms. The largest absolute Gasteiger partial charge is 0.347 e. The van der Waals surface area contributed by atoms with Crippen molar-refractivity contribution in [3.63, 3.8) is 0 Å². The highest BCUT2D eigenvalue weighted by atomic mass is 35.5. The Balaban J connectivity index is 1.50. The Morgan fingerprint density at radius 2 is 1.81 bits per heavy atom. The topological polar surface area (TPSA) is 54.9 Å². The van der Waals surface area contributed by atoms with Crippen LogP contribution in [0.4, 0.5) is 0 Å². The zero-order valence-corrected chi connectivity index (χ0v) is 13.7. The molecular formula is C15H20ClN3OS. The van der Waals surface area contributed by atoms with Crippen LogP contribution in [0.15, 0.2) is 0 Å². The van der Waals surface area contributed by atoms with Crippen LogP contribution in [0.2, 0.25) is 4.47 Å². The molecule has 1 aromatic heterocycles. The predicted octanol–water partition coefficient (Wildman–Crippen LogP) is 3.53. The van der Waals surface area contributed by atoms with Crippen molar-refractivity contribution in [2.75, 3.05) is 0 Å². The molecule has 114 valence electrons. The molecule has 1 aromatic rings. The number of halogens is 1. The maximum Gasteiger partial charge on any atom is 0.282 e. The van der Waals surface area contributed by atoms with Crippen LogP contribution in [0.3, 0.4) is 0 Å². The fourth-order valence-corrected chi connectivity index (χ4v) is 6.15. The third kappa shape index (κ3) is 2.38. The molecule has 1 atom stereocenters. The van der Waals surface area contributed by atoms with Gasteiger partial charge in [0.25, 0.3) is 5.91 Å². The Hall–Kier alpha value is -0.680. The number of aromatic nitrogens is 2. The zero-order chi connectivity index (χ0) is 14.6. The van der Waals surface area contributed by atoms with Crippen LogP contribution < -0.4 is 5.32 Å². The van der Waals surface area contributed by atoms with Gasteiger partial charge in [-0.1, -0.05) is 11.3 Å². The second-order valence-corrected chi connectivity index (χ2v) is 8.89. The lowest BCUT2D eigenvalue weighted by molar-refractivity contribution is -0.0688. The van der Waals surface area contributed by atoms with Gasteiger partial charge in [-0.25, -0.2) is 0 Å². The van der Waals surface area contributed by atoms with Crippen molar-refractivity contribution in [1.29, 1.82) is 0 Å². The molecule has 1 amide bonds. The van der Waals surface area contributed by atoms with Crippen LogP contribution in [0.5, 0.6) is 0 Å². The van der Waals surface area contributed by atoms with E-state index < -0.39 is 0 Å². The van der Waals surface area contributed by atoms with Gasteiger partial charge < -0.3 is 5.32 Å². The molecule has 4 saturated carbocycles. The second-order valence-electron chi connectivity index (χ2n) is 7.34. The zero-order valence-electron chi connectivity index (χ0n) is 12.1. The van der Waals surface area contributed by atoms with Crippen molar-refractivity contribution in [2.45, 2.75) is 51.5 Å². The van der Waals surface area contributed by atoms with E-state index in [2.05, 4.69) is 22.4 Å². The van der Waals surface area contributed by atoms with Crippen molar-refractivity contribution in [3.8, 4) is 0 Å². The van der Waals surface area contributed by atoms with Gasteiger partial charge in [-0.2, -0.15) is 0 Å². The number of nitrogens with one attached hydrogen (secondary N) is 1. The molecule has 4 aliphatic rings. The first-order valence-electron chi connectivity index (χ1n) is 7.84. The normalized spacial score (nSPS) is 38.5. The van der Waals surface area contributed by atoms with Gasteiger partial charge in [0.2, 0.25) is 9.47 Å². The van der Waals surface area contributed by atoms with Gasteiger partial charge in [0, 0.05) is 6.04 Å². The third-order valence-corrected chi connectivity index (χ3v) is 6.96. The summed E-state index contributed by atoms with van der Waals surface area (Å²) < 4.78 is 0.322. The van der Waals surface area contributed by atoms with Gasteiger partial charge in [-0.3, -0.25) is 4.79 Å². The smallest absolute Gasteiger partial charge is 0.282 e. The van der Waals surface area contributed by atoms with E-state index in [1.165, 1.54) is 38.5 Å². The molecule has 1 heterocycles. The van der Waals surface area contributed by atoms with Crippen molar-refractivity contribution in [3.05, 3.63) is 9.47 Å². The van der Waals surface area contributed by atoms with Gasteiger partial charge >= 0.3 is 0 Å². The Morgan fingerprint density at radius 1 is 1.24 bits per heavy atom. The second kappa shape index (κ2) is 4.92. The first kappa shape index (κ1) is 13.9. The van der Waals surface area contributed by atoms with Gasteiger partial charge in [-0.05, 0) is 80.2 Å². The standard InChI is InChI=1S/C15H20ClN3OS/c1-8(17-12(20)13-18-19-14(16)21-13)15-5-9-2-10(6-15)4-11(3-9)7-15/h8-11H,2-7H2,1H3,(H,17,20). The summed E-state index contributed by atoms with van der Waals surface area (Å²) in [6.45, 7) is 2.17. The Bertz CT molecular complexity index is 538. The Kier molecular flexibility index (Phi) is 3.26. The summed E-state index contributed by atoms with van der Waals surface area (Å²) >= 11 is 6.91. The molecule has 4 fully saturated rings. The van der Waals surface area contributed by atoms with E-state index in [-0.39, 0.29) is 11.9 Å². The van der Waals surface area contributed by atoms with Gasteiger partial charge in [0.1, 0.15) is 0 Å². The maximum atomic E-state index is 12.3. The minimum absolute atomic E-state index is 0.123. The predicted molar refractivity (Wildman–Crippen MR) is 82.5 cm³/mol. The average molecular weight is 326 g/mol. The van der Waals surface area contributed by atoms with Crippen LogP contribution >= 0.6 is 22.9 Å². The number of carbonyl (C=O) groups is 1. The summed E-state index contributed by atoms with van der Waals surface area (Å²) in [6.07, 6.45) is 8.13. The van der Waals surface area contributed by atoms with Crippen LogP contribution in [-0.4, -0.2) is 22.1 Å². The summed E-state index contributed by atoms with van der Waals surface area (Å²) in [6, 6.07) is 0.209. The lowest BCUT2D eigenvalue weighted by Crippen LogP contribution is -2.55. The maximum absolute atomic E-state index is 12.3. The Labute approximate surface area is 133 Å². The van der Waals surface area contributed by atoms with Gasteiger partial charge in [0.15, 0.2) is 0 Å². The molecule has 4 aliphatic carbocycles. The van der Waals surface area contributed by atoms with E-state index in [1.807, 2.05) is 0 Å². The molecular weight excluding hydrogens is 306 g/mol. The van der Waals surface area contributed by atoms with E-state index in [0.717, 1.165) is 29.1 Å². The van der Waals surface area contributed by atoms with Crippen molar-refractivity contribution >= 4 is 28.8 Å². The first-order chi connectivity index (χ1) is 10.0. The summed E-state index contributed by atoms with van der Waals surface area (Å²) in [7, 11) is 0. The van der Waals surface area contributed by atoms with Gasteiger partial charge in [-0.15, -0.1) is 10.2 Å². The minimum atomic E-state index is -0.123. The number of carbonyl (C=O) groups excluding carboxylic acids is 1. The molecule has 0 aromatic carbocycles. The monoisotopic (exact) mass is 325 g/mol. The summed E-state index contributed by atoms with van der Waals surface area (Å²) in [4.78, 5) is 12.3. The van der Waals surface area contributed by atoms with E-state index >= 15 is 0 Å².